The van der Waals surface area contributed by atoms with Crippen LogP contribution in [0.15, 0.2) is 17.1 Å². The smallest absolute Gasteiger partial charge is 0.268 e. The van der Waals surface area contributed by atoms with Crippen LogP contribution in [0.2, 0.25) is 0 Å². The van der Waals surface area contributed by atoms with E-state index in [-0.39, 0.29) is 18.4 Å². The summed E-state index contributed by atoms with van der Waals surface area (Å²) >= 11 is 0. The molecular formula is C9H14N4O. The number of aliphatic imine (C=N–C) groups is 1. The van der Waals surface area contributed by atoms with E-state index in [1.54, 1.807) is 0 Å². The lowest BCUT2D eigenvalue weighted by Crippen LogP contribution is -2.25. The normalized spacial score (nSPS) is 9.86. The molecule has 0 radical (unpaired) electrons. The minimum Gasteiger partial charge on any atom is -0.370 e. The molecule has 0 atom stereocenters. The average molecular weight is 194 g/mol. The highest BCUT2D eigenvalue weighted by Gasteiger charge is 2.05. The van der Waals surface area contributed by atoms with Crippen LogP contribution in [0.5, 0.6) is 0 Å². The Bertz CT molecular complexity index is 355. The van der Waals surface area contributed by atoms with Crippen molar-refractivity contribution in [1.29, 1.82) is 0 Å². The van der Waals surface area contributed by atoms with Crippen molar-refractivity contribution in [1.82, 2.24) is 4.57 Å². The van der Waals surface area contributed by atoms with Crippen molar-refractivity contribution >= 4 is 11.9 Å². The molecule has 0 aromatic carbocycles. The summed E-state index contributed by atoms with van der Waals surface area (Å²) < 4.78 is 1.86. The lowest BCUT2D eigenvalue weighted by molar-refractivity contribution is -0.118. The van der Waals surface area contributed by atoms with Gasteiger partial charge in [-0.15, -0.1) is 0 Å². The van der Waals surface area contributed by atoms with Crippen LogP contribution in [-0.4, -0.2) is 16.4 Å². The molecule has 0 aliphatic rings. The summed E-state index contributed by atoms with van der Waals surface area (Å²) in [4.78, 5) is 14.7. The number of nitrogens with two attached hydrogens (primary N) is 2. The minimum atomic E-state index is -0.340. The maximum absolute atomic E-state index is 11.3. The number of amides is 1. The lowest BCUT2D eigenvalue weighted by atomic mass is 10.5. The number of carbonyl (C=O) groups excluding carboxylic acids is 1. The summed E-state index contributed by atoms with van der Waals surface area (Å²) in [5.41, 5.74) is 12.2. The molecular weight excluding hydrogens is 180 g/mol. The first-order chi connectivity index (χ1) is 6.50. The zero-order valence-electron chi connectivity index (χ0n) is 8.32. The van der Waals surface area contributed by atoms with E-state index in [2.05, 4.69) is 4.99 Å². The molecule has 0 aliphatic heterocycles. The maximum atomic E-state index is 11.3. The number of guanidine groups is 1. The fourth-order valence-electron chi connectivity index (χ4n) is 1.26. The van der Waals surface area contributed by atoms with Gasteiger partial charge < -0.3 is 16.0 Å². The second-order valence-electron chi connectivity index (χ2n) is 3.13. The summed E-state index contributed by atoms with van der Waals surface area (Å²) in [5.74, 6) is -0.537. The molecule has 0 unspecified atom stereocenters. The third kappa shape index (κ3) is 2.35. The first kappa shape index (κ1) is 10.3. The van der Waals surface area contributed by atoms with E-state index in [9.17, 15) is 4.79 Å². The summed E-state index contributed by atoms with van der Waals surface area (Å²) in [7, 11) is 0. The second-order valence-corrected chi connectivity index (χ2v) is 3.13. The zero-order chi connectivity index (χ0) is 10.7. The number of carbonyl (C=O) groups is 1. The van der Waals surface area contributed by atoms with Gasteiger partial charge in [-0.3, -0.25) is 4.79 Å². The van der Waals surface area contributed by atoms with Gasteiger partial charge in [-0.25, -0.2) is 0 Å². The van der Waals surface area contributed by atoms with Crippen LogP contribution in [0.1, 0.15) is 11.4 Å². The van der Waals surface area contributed by atoms with Gasteiger partial charge in [0.15, 0.2) is 5.96 Å². The van der Waals surface area contributed by atoms with E-state index < -0.39 is 0 Å². The Kier molecular flexibility index (Phi) is 2.91. The van der Waals surface area contributed by atoms with Gasteiger partial charge in [0.1, 0.15) is 6.54 Å². The van der Waals surface area contributed by atoms with Gasteiger partial charge in [-0.2, -0.15) is 4.99 Å². The molecule has 0 spiro atoms. The molecule has 0 aliphatic carbocycles. The fraction of sp³-hybridized carbons (Fsp3) is 0.333. The SMILES string of the molecule is Cc1ccc(C)n1CC(=O)N=C(N)N. The van der Waals surface area contributed by atoms with Gasteiger partial charge in [0.05, 0.1) is 0 Å². The molecule has 0 saturated carbocycles. The Morgan fingerprint density at radius 3 is 2.29 bits per heavy atom. The molecule has 0 fully saturated rings. The lowest BCUT2D eigenvalue weighted by Gasteiger charge is -2.05. The maximum Gasteiger partial charge on any atom is 0.268 e. The Morgan fingerprint density at radius 1 is 1.36 bits per heavy atom. The first-order valence-corrected chi connectivity index (χ1v) is 4.26. The Hall–Kier alpha value is -1.78. The predicted molar refractivity (Wildman–Crippen MR) is 54.7 cm³/mol. The van der Waals surface area contributed by atoms with Crippen molar-refractivity contribution in [2.75, 3.05) is 0 Å². The zero-order valence-corrected chi connectivity index (χ0v) is 8.32. The third-order valence-corrected chi connectivity index (χ3v) is 1.96. The topological polar surface area (TPSA) is 86.4 Å². The fourth-order valence-corrected chi connectivity index (χ4v) is 1.26. The average Bonchev–Trinajstić information content (AvgIpc) is 2.34. The molecule has 76 valence electrons. The molecule has 1 aromatic rings. The van der Waals surface area contributed by atoms with Crippen LogP contribution < -0.4 is 11.5 Å². The van der Waals surface area contributed by atoms with E-state index in [1.165, 1.54) is 0 Å². The van der Waals surface area contributed by atoms with Crippen LogP contribution in [0.4, 0.5) is 0 Å². The summed E-state index contributed by atoms with van der Waals surface area (Å²) in [6.07, 6.45) is 0. The first-order valence-electron chi connectivity index (χ1n) is 4.26. The van der Waals surface area contributed by atoms with E-state index >= 15 is 0 Å². The Labute approximate surface area is 82.4 Å². The number of hydrogen-bond donors (Lipinski definition) is 2. The second kappa shape index (κ2) is 3.95. The van der Waals surface area contributed by atoms with Gasteiger partial charge in [-0.05, 0) is 26.0 Å². The molecule has 5 nitrogen and oxygen atoms in total. The van der Waals surface area contributed by atoms with Crippen LogP contribution in [0.3, 0.4) is 0 Å². The van der Waals surface area contributed by atoms with Crippen molar-refractivity contribution in [3.8, 4) is 0 Å². The van der Waals surface area contributed by atoms with Gasteiger partial charge in [0, 0.05) is 11.4 Å². The van der Waals surface area contributed by atoms with Crippen molar-refractivity contribution in [3.05, 3.63) is 23.5 Å². The van der Waals surface area contributed by atoms with E-state index in [1.807, 2.05) is 30.5 Å². The largest absolute Gasteiger partial charge is 0.370 e. The highest BCUT2D eigenvalue weighted by Crippen LogP contribution is 2.06. The molecule has 0 bridgehead atoms. The standard InChI is InChI=1S/C9H14N4O/c1-6-3-4-7(2)13(6)5-8(14)12-9(10)11/h3-4H,5H2,1-2H3,(H4,10,11,12,14). The summed E-state index contributed by atoms with van der Waals surface area (Å²) in [6.45, 7) is 4.04. The molecule has 5 heteroatoms. The van der Waals surface area contributed by atoms with Gasteiger partial charge in [0.2, 0.25) is 0 Å². The van der Waals surface area contributed by atoms with Crippen molar-refractivity contribution in [2.24, 2.45) is 16.5 Å². The van der Waals surface area contributed by atoms with Crippen LogP contribution in [0.25, 0.3) is 0 Å². The number of rotatable bonds is 2. The monoisotopic (exact) mass is 194 g/mol. The summed E-state index contributed by atoms with van der Waals surface area (Å²) in [5, 5.41) is 0. The minimum absolute atomic E-state index is 0.183. The van der Waals surface area contributed by atoms with Crippen molar-refractivity contribution < 1.29 is 4.79 Å². The predicted octanol–water partition coefficient (Wildman–Crippen LogP) is -0.0951. The van der Waals surface area contributed by atoms with Crippen LogP contribution >= 0.6 is 0 Å². The molecule has 0 saturated heterocycles. The van der Waals surface area contributed by atoms with Gasteiger partial charge in [-0.1, -0.05) is 0 Å². The molecule has 14 heavy (non-hydrogen) atoms. The van der Waals surface area contributed by atoms with Gasteiger partial charge in [0.25, 0.3) is 5.91 Å². The third-order valence-electron chi connectivity index (χ3n) is 1.96. The number of hydrogen-bond acceptors (Lipinski definition) is 1. The number of aromatic nitrogens is 1. The molecule has 1 aromatic heterocycles. The van der Waals surface area contributed by atoms with E-state index in [0.717, 1.165) is 11.4 Å². The van der Waals surface area contributed by atoms with E-state index in [4.69, 9.17) is 11.5 Å². The molecule has 1 heterocycles. The van der Waals surface area contributed by atoms with Gasteiger partial charge >= 0.3 is 0 Å². The Morgan fingerprint density at radius 2 is 1.86 bits per heavy atom. The van der Waals surface area contributed by atoms with Crippen molar-refractivity contribution in [3.63, 3.8) is 0 Å². The molecule has 1 rings (SSSR count). The highest BCUT2D eigenvalue weighted by atomic mass is 16.1. The van der Waals surface area contributed by atoms with Crippen LogP contribution in [0, 0.1) is 13.8 Å². The number of nitrogens with zero attached hydrogens (tertiary/aromatic N) is 2. The number of aryl methyl sites for hydroxylation is 2. The molecule has 1 amide bonds. The molecule has 4 N–H and O–H groups in total. The highest BCUT2D eigenvalue weighted by molar-refractivity contribution is 5.91. The quantitative estimate of drug-likeness (QED) is 0.509. The van der Waals surface area contributed by atoms with E-state index in [0.29, 0.717) is 0 Å². The van der Waals surface area contributed by atoms with Crippen LogP contribution in [-0.2, 0) is 11.3 Å². The Balaban J connectivity index is 2.79. The summed E-state index contributed by atoms with van der Waals surface area (Å²) in [6, 6.07) is 3.89. The van der Waals surface area contributed by atoms with Crippen molar-refractivity contribution in [2.45, 2.75) is 20.4 Å².